The normalized spacial score (nSPS) is 19.5. The van der Waals surface area contributed by atoms with Gasteiger partial charge in [-0.25, -0.2) is 9.59 Å². The summed E-state index contributed by atoms with van der Waals surface area (Å²) in [6, 6.07) is 0. The van der Waals surface area contributed by atoms with Gasteiger partial charge in [0.2, 0.25) is 0 Å². The Hall–Kier alpha value is -1.06. The van der Waals surface area contributed by atoms with E-state index < -0.39 is 12.2 Å². The Bertz CT molecular complexity index is 369. The molecule has 1 aliphatic heterocycles. The summed E-state index contributed by atoms with van der Waals surface area (Å²) >= 11 is 0. The second-order valence-electron chi connectivity index (χ2n) is 8.38. The van der Waals surface area contributed by atoms with E-state index >= 15 is 0 Å². The molecule has 0 spiro atoms. The smallest absolute Gasteiger partial charge is 0.348 e. The quantitative estimate of drug-likeness (QED) is 0.187. The van der Waals surface area contributed by atoms with Crippen molar-refractivity contribution in [2.45, 2.75) is 142 Å². The molecular weight excluding hydrogens is 352 g/mol. The highest BCUT2D eigenvalue weighted by molar-refractivity contribution is 5.87. The maximum atomic E-state index is 12.1. The minimum Gasteiger partial charge on any atom is -0.448 e. The van der Waals surface area contributed by atoms with E-state index in [0.29, 0.717) is 12.8 Å². The minimum absolute atomic E-state index is 0.341. The summed E-state index contributed by atoms with van der Waals surface area (Å²) < 4.78 is 10.8. The maximum Gasteiger partial charge on any atom is 0.348 e. The highest BCUT2D eigenvalue weighted by Gasteiger charge is 2.37. The Balaban J connectivity index is 2.05. The Labute approximate surface area is 173 Å². The van der Waals surface area contributed by atoms with Crippen molar-refractivity contribution in [1.29, 1.82) is 0 Å². The van der Waals surface area contributed by atoms with E-state index in [-0.39, 0.29) is 11.9 Å². The van der Waals surface area contributed by atoms with Crippen LogP contribution in [0.25, 0.3) is 0 Å². The van der Waals surface area contributed by atoms with Crippen molar-refractivity contribution in [3.63, 3.8) is 0 Å². The van der Waals surface area contributed by atoms with E-state index in [1.165, 1.54) is 77.0 Å². The molecule has 0 radical (unpaired) electrons. The van der Waals surface area contributed by atoms with Crippen LogP contribution < -0.4 is 0 Å². The number of carbonyl (C=O) groups excluding carboxylic acids is 2. The molecule has 1 rings (SSSR count). The van der Waals surface area contributed by atoms with Crippen molar-refractivity contribution in [3.05, 3.63) is 0 Å². The van der Waals surface area contributed by atoms with Crippen molar-refractivity contribution in [2.75, 3.05) is 0 Å². The fourth-order valence-electron chi connectivity index (χ4n) is 3.81. The number of carbonyl (C=O) groups is 2. The molecule has 1 heterocycles. The Morgan fingerprint density at radius 3 is 1.11 bits per heavy atom. The number of hydrogen-bond donors (Lipinski definition) is 0. The van der Waals surface area contributed by atoms with Crippen LogP contribution in [0.2, 0.25) is 0 Å². The summed E-state index contributed by atoms with van der Waals surface area (Å²) in [7, 11) is 0. The molecule has 4 heteroatoms. The lowest BCUT2D eigenvalue weighted by molar-refractivity contribution is -0.196. The fraction of sp³-hybridized carbons (Fsp3) is 0.917. The average Bonchev–Trinajstić information content (AvgIpc) is 2.69. The van der Waals surface area contributed by atoms with Gasteiger partial charge < -0.3 is 9.47 Å². The zero-order valence-corrected chi connectivity index (χ0v) is 18.5. The monoisotopic (exact) mass is 396 g/mol. The van der Waals surface area contributed by atoms with Gasteiger partial charge in [-0.1, -0.05) is 104 Å². The summed E-state index contributed by atoms with van der Waals surface area (Å²) in [4.78, 5) is 24.2. The molecule has 0 aromatic heterocycles. The lowest BCUT2D eigenvalue weighted by Crippen LogP contribution is -2.43. The summed E-state index contributed by atoms with van der Waals surface area (Å²) in [6.45, 7) is 4.45. The Kier molecular flexibility index (Phi) is 15.0. The van der Waals surface area contributed by atoms with Gasteiger partial charge in [-0.2, -0.15) is 0 Å². The van der Waals surface area contributed by atoms with Gasteiger partial charge in [0.25, 0.3) is 0 Å². The number of cyclic esters (lactones) is 2. The van der Waals surface area contributed by atoms with E-state index in [1.807, 2.05) is 0 Å². The van der Waals surface area contributed by atoms with Crippen LogP contribution in [0.5, 0.6) is 0 Å². The van der Waals surface area contributed by atoms with Crippen molar-refractivity contribution in [1.82, 2.24) is 0 Å². The zero-order chi connectivity index (χ0) is 20.5. The maximum absolute atomic E-state index is 12.1. The van der Waals surface area contributed by atoms with Crippen molar-refractivity contribution >= 4 is 11.9 Å². The molecule has 2 unspecified atom stereocenters. The Morgan fingerprint density at radius 1 is 0.500 bits per heavy atom. The third-order valence-electron chi connectivity index (χ3n) is 5.68. The van der Waals surface area contributed by atoms with Gasteiger partial charge in [-0.05, 0) is 25.7 Å². The molecule has 0 aromatic rings. The first-order valence-electron chi connectivity index (χ1n) is 12.1. The van der Waals surface area contributed by atoms with Gasteiger partial charge in [-0.3, -0.25) is 0 Å². The lowest BCUT2D eigenvalue weighted by atomic mass is 10.0. The predicted octanol–water partition coefficient (Wildman–Crippen LogP) is 6.89. The van der Waals surface area contributed by atoms with E-state index in [2.05, 4.69) is 13.8 Å². The first-order valence-corrected chi connectivity index (χ1v) is 12.1. The van der Waals surface area contributed by atoms with E-state index in [0.717, 1.165) is 25.7 Å². The molecule has 1 aliphatic rings. The molecule has 164 valence electrons. The van der Waals surface area contributed by atoms with Gasteiger partial charge in [-0.15, -0.1) is 0 Å². The SMILES string of the molecule is CCCCCCCCCCC1OC(=O)C(CCCCCCCCCC)OC1=O. The van der Waals surface area contributed by atoms with Crippen LogP contribution >= 0.6 is 0 Å². The molecule has 0 N–H and O–H groups in total. The molecular formula is C24H44O4. The van der Waals surface area contributed by atoms with E-state index in [4.69, 9.17) is 9.47 Å². The highest BCUT2D eigenvalue weighted by atomic mass is 16.6. The van der Waals surface area contributed by atoms with Gasteiger partial charge in [0, 0.05) is 0 Å². The van der Waals surface area contributed by atoms with Crippen molar-refractivity contribution in [3.8, 4) is 0 Å². The first kappa shape index (κ1) is 25.0. The first-order chi connectivity index (χ1) is 13.7. The number of rotatable bonds is 18. The van der Waals surface area contributed by atoms with Crippen LogP contribution in [-0.2, 0) is 19.1 Å². The van der Waals surface area contributed by atoms with Gasteiger partial charge in [0.15, 0.2) is 12.2 Å². The van der Waals surface area contributed by atoms with Crippen LogP contribution in [0.15, 0.2) is 0 Å². The second-order valence-corrected chi connectivity index (χ2v) is 8.38. The van der Waals surface area contributed by atoms with Crippen LogP contribution in [0.3, 0.4) is 0 Å². The van der Waals surface area contributed by atoms with Crippen LogP contribution in [-0.4, -0.2) is 24.1 Å². The van der Waals surface area contributed by atoms with Crippen LogP contribution in [0.1, 0.15) is 129 Å². The lowest BCUT2D eigenvalue weighted by Gasteiger charge is -2.27. The minimum atomic E-state index is -0.678. The standard InChI is InChI=1S/C24H44O4/c1-3-5-7-9-11-13-15-17-19-21-23(25)28-22(24(26)27-21)20-18-16-14-12-10-8-6-4-2/h21-22H,3-20H2,1-2H3. The largest absolute Gasteiger partial charge is 0.448 e. The fourth-order valence-corrected chi connectivity index (χ4v) is 3.81. The summed E-state index contributed by atoms with van der Waals surface area (Å²) in [6.07, 6.45) is 19.2. The van der Waals surface area contributed by atoms with Gasteiger partial charge in [0.05, 0.1) is 0 Å². The highest BCUT2D eigenvalue weighted by Crippen LogP contribution is 2.21. The molecule has 0 saturated carbocycles. The van der Waals surface area contributed by atoms with E-state index in [9.17, 15) is 9.59 Å². The topological polar surface area (TPSA) is 52.6 Å². The summed E-state index contributed by atoms with van der Waals surface area (Å²) in [5, 5.41) is 0. The molecule has 0 bridgehead atoms. The molecule has 2 atom stereocenters. The average molecular weight is 397 g/mol. The molecule has 0 amide bonds. The molecule has 1 fully saturated rings. The number of ether oxygens (including phenoxy) is 2. The van der Waals surface area contributed by atoms with Crippen LogP contribution in [0.4, 0.5) is 0 Å². The van der Waals surface area contributed by atoms with Gasteiger partial charge >= 0.3 is 11.9 Å². The predicted molar refractivity (Wildman–Crippen MR) is 114 cm³/mol. The number of hydrogen-bond acceptors (Lipinski definition) is 4. The van der Waals surface area contributed by atoms with Crippen molar-refractivity contribution < 1.29 is 19.1 Å². The van der Waals surface area contributed by atoms with Gasteiger partial charge in [0.1, 0.15) is 0 Å². The third kappa shape index (κ3) is 11.7. The molecule has 4 nitrogen and oxygen atoms in total. The number of unbranched alkanes of at least 4 members (excludes halogenated alkanes) is 14. The molecule has 0 aliphatic carbocycles. The molecule has 0 aromatic carbocycles. The number of esters is 2. The summed E-state index contributed by atoms with van der Waals surface area (Å²) in [5.74, 6) is -0.681. The Morgan fingerprint density at radius 2 is 0.786 bits per heavy atom. The molecule has 1 saturated heterocycles. The van der Waals surface area contributed by atoms with Crippen LogP contribution in [0, 0.1) is 0 Å². The third-order valence-corrected chi connectivity index (χ3v) is 5.68. The zero-order valence-electron chi connectivity index (χ0n) is 18.5. The van der Waals surface area contributed by atoms with Crippen molar-refractivity contribution in [2.24, 2.45) is 0 Å². The van der Waals surface area contributed by atoms with E-state index in [1.54, 1.807) is 0 Å². The summed E-state index contributed by atoms with van der Waals surface area (Å²) in [5.41, 5.74) is 0. The molecule has 28 heavy (non-hydrogen) atoms. The second kappa shape index (κ2) is 16.9.